The lowest BCUT2D eigenvalue weighted by Crippen LogP contribution is -2.54. The van der Waals surface area contributed by atoms with Gasteiger partial charge in [-0.1, -0.05) is 6.07 Å². The van der Waals surface area contributed by atoms with E-state index in [1.165, 1.54) is 12.4 Å². The Labute approximate surface area is 184 Å². The number of benzene rings is 2. The Morgan fingerprint density at radius 1 is 1.03 bits per heavy atom. The zero-order valence-electron chi connectivity index (χ0n) is 17.7. The second-order valence-electron chi connectivity index (χ2n) is 7.42. The number of ether oxygens (including phenoxy) is 2. The molecule has 7 nitrogen and oxygen atoms in total. The highest BCUT2D eigenvalue weighted by Crippen LogP contribution is 2.26. The summed E-state index contributed by atoms with van der Waals surface area (Å²) in [6.45, 7) is 3.63. The maximum absolute atomic E-state index is 13.4. The van der Waals surface area contributed by atoms with Crippen molar-refractivity contribution in [2.45, 2.75) is 13.0 Å². The van der Waals surface area contributed by atoms with Gasteiger partial charge in [0.25, 0.3) is 5.91 Å². The van der Waals surface area contributed by atoms with E-state index in [4.69, 9.17) is 9.47 Å². The molecule has 0 N–H and O–H groups in total. The number of methoxy groups -OCH3 is 1. The average Bonchev–Trinajstić information content (AvgIpc) is 2.81. The van der Waals surface area contributed by atoms with E-state index in [2.05, 4.69) is 9.97 Å². The molecule has 4 rings (SSSR count). The molecular formula is C23H22F2N4O3. The Bertz CT molecular complexity index is 1130. The van der Waals surface area contributed by atoms with Gasteiger partial charge < -0.3 is 19.3 Å². The number of carbonyl (C=O) groups excluding carboxylic acids is 1. The number of halogens is 2. The highest BCUT2D eigenvalue weighted by Gasteiger charge is 2.29. The van der Waals surface area contributed by atoms with E-state index in [-0.39, 0.29) is 23.6 Å². The summed E-state index contributed by atoms with van der Waals surface area (Å²) < 4.78 is 37.3. The van der Waals surface area contributed by atoms with Crippen molar-refractivity contribution in [2.24, 2.45) is 0 Å². The third kappa shape index (κ3) is 4.61. The Morgan fingerprint density at radius 2 is 1.88 bits per heavy atom. The predicted octanol–water partition coefficient (Wildman–Crippen LogP) is 3.91. The summed E-state index contributed by atoms with van der Waals surface area (Å²) in [5, 5.41) is 0. The van der Waals surface area contributed by atoms with E-state index >= 15 is 0 Å². The van der Waals surface area contributed by atoms with Gasteiger partial charge in [-0.3, -0.25) is 4.79 Å². The van der Waals surface area contributed by atoms with Crippen molar-refractivity contribution < 1.29 is 23.0 Å². The Balaban J connectivity index is 1.44. The smallest absolute Gasteiger partial charge is 0.254 e. The molecule has 1 aliphatic heterocycles. The summed E-state index contributed by atoms with van der Waals surface area (Å²) in [5.41, 5.74) is 0.578. The fourth-order valence-corrected chi connectivity index (χ4v) is 3.61. The lowest BCUT2D eigenvalue weighted by molar-refractivity contribution is 0.0673. The van der Waals surface area contributed by atoms with E-state index in [9.17, 15) is 13.6 Å². The first kappa shape index (κ1) is 21.5. The number of carbonyl (C=O) groups is 1. The summed E-state index contributed by atoms with van der Waals surface area (Å²) in [4.78, 5) is 25.2. The minimum Gasteiger partial charge on any atom is -0.497 e. The molecule has 1 saturated heterocycles. The van der Waals surface area contributed by atoms with Gasteiger partial charge in [-0.2, -0.15) is 0 Å². The molecule has 0 bridgehead atoms. The Hall–Kier alpha value is -3.75. The first-order chi connectivity index (χ1) is 15.4. The van der Waals surface area contributed by atoms with Crippen LogP contribution in [0.1, 0.15) is 17.3 Å². The van der Waals surface area contributed by atoms with E-state index in [1.807, 2.05) is 16.7 Å². The van der Waals surface area contributed by atoms with Crippen LogP contribution in [0.3, 0.4) is 0 Å². The molecule has 9 heteroatoms. The van der Waals surface area contributed by atoms with Crippen molar-refractivity contribution in [3.8, 4) is 17.4 Å². The van der Waals surface area contributed by atoms with Gasteiger partial charge in [-0.15, -0.1) is 0 Å². The molecule has 0 saturated carbocycles. The molecule has 1 aromatic heterocycles. The van der Waals surface area contributed by atoms with Gasteiger partial charge in [-0.05, 0) is 37.3 Å². The minimum atomic E-state index is -0.998. The number of aromatic nitrogens is 2. The van der Waals surface area contributed by atoms with Gasteiger partial charge in [0.15, 0.2) is 11.6 Å². The van der Waals surface area contributed by atoms with Crippen LogP contribution in [0, 0.1) is 11.6 Å². The largest absolute Gasteiger partial charge is 0.497 e. The van der Waals surface area contributed by atoms with Crippen LogP contribution in [-0.2, 0) is 0 Å². The SMILES string of the molecule is COc1cccc(C(=O)N2CCN(c3cc(Oc4ccc(F)c(F)c4)ncn3)CC2C)c1. The maximum Gasteiger partial charge on any atom is 0.254 e. The lowest BCUT2D eigenvalue weighted by Gasteiger charge is -2.40. The molecule has 1 unspecified atom stereocenters. The van der Waals surface area contributed by atoms with Crippen LogP contribution < -0.4 is 14.4 Å². The van der Waals surface area contributed by atoms with Gasteiger partial charge in [0, 0.05) is 43.4 Å². The van der Waals surface area contributed by atoms with Crippen LogP contribution in [0.2, 0.25) is 0 Å². The van der Waals surface area contributed by atoms with Gasteiger partial charge in [0.05, 0.1) is 7.11 Å². The van der Waals surface area contributed by atoms with Crippen LogP contribution in [0.5, 0.6) is 17.4 Å². The van der Waals surface area contributed by atoms with E-state index < -0.39 is 11.6 Å². The van der Waals surface area contributed by atoms with Crippen LogP contribution in [0.25, 0.3) is 0 Å². The molecule has 32 heavy (non-hydrogen) atoms. The number of rotatable bonds is 5. The van der Waals surface area contributed by atoms with E-state index in [0.717, 1.165) is 12.1 Å². The molecule has 1 fully saturated rings. The van der Waals surface area contributed by atoms with Crippen molar-refractivity contribution in [1.29, 1.82) is 0 Å². The van der Waals surface area contributed by atoms with Crippen molar-refractivity contribution >= 4 is 11.7 Å². The molecule has 1 aliphatic rings. The van der Waals surface area contributed by atoms with Crippen molar-refractivity contribution in [3.05, 3.63) is 72.1 Å². The second-order valence-corrected chi connectivity index (χ2v) is 7.42. The normalized spacial score (nSPS) is 16.1. The summed E-state index contributed by atoms with van der Waals surface area (Å²) in [5.74, 6) is -0.395. The summed E-state index contributed by atoms with van der Waals surface area (Å²) >= 11 is 0. The molecule has 2 heterocycles. The van der Waals surface area contributed by atoms with Crippen LogP contribution in [0.4, 0.5) is 14.6 Å². The third-order valence-electron chi connectivity index (χ3n) is 5.27. The monoisotopic (exact) mass is 440 g/mol. The zero-order chi connectivity index (χ0) is 22.7. The van der Waals surface area contributed by atoms with Crippen LogP contribution in [-0.4, -0.2) is 53.6 Å². The molecule has 3 aromatic rings. The molecular weight excluding hydrogens is 418 g/mol. The topological polar surface area (TPSA) is 67.8 Å². The minimum absolute atomic E-state index is 0.0545. The Morgan fingerprint density at radius 3 is 2.62 bits per heavy atom. The molecule has 1 amide bonds. The summed E-state index contributed by atoms with van der Waals surface area (Å²) in [7, 11) is 1.57. The lowest BCUT2D eigenvalue weighted by atomic mass is 10.1. The van der Waals surface area contributed by atoms with Crippen LogP contribution in [0.15, 0.2) is 54.9 Å². The fourth-order valence-electron chi connectivity index (χ4n) is 3.61. The third-order valence-corrected chi connectivity index (χ3v) is 5.27. The maximum atomic E-state index is 13.4. The van der Waals surface area contributed by atoms with Crippen LogP contribution >= 0.6 is 0 Å². The van der Waals surface area contributed by atoms with Crippen molar-refractivity contribution in [2.75, 3.05) is 31.6 Å². The molecule has 2 aromatic carbocycles. The van der Waals surface area contributed by atoms with Gasteiger partial charge >= 0.3 is 0 Å². The average molecular weight is 440 g/mol. The Kier molecular flexibility index (Phi) is 6.16. The quantitative estimate of drug-likeness (QED) is 0.599. The number of anilines is 1. The summed E-state index contributed by atoms with van der Waals surface area (Å²) in [6.07, 6.45) is 1.35. The summed E-state index contributed by atoms with van der Waals surface area (Å²) in [6, 6.07) is 11.9. The number of piperazine rings is 1. The highest BCUT2D eigenvalue weighted by molar-refractivity contribution is 5.95. The molecule has 1 atom stereocenters. The zero-order valence-corrected chi connectivity index (χ0v) is 17.7. The predicted molar refractivity (Wildman–Crippen MR) is 114 cm³/mol. The van der Waals surface area contributed by atoms with Gasteiger partial charge in [0.2, 0.25) is 5.88 Å². The number of nitrogens with zero attached hydrogens (tertiary/aromatic N) is 4. The van der Waals surface area contributed by atoms with Crippen molar-refractivity contribution in [1.82, 2.24) is 14.9 Å². The van der Waals surface area contributed by atoms with Crippen molar-refractivity contribution in [3.63, 3.8) is 0 Å². The van der Waals surface area contributed by atoms with E-state index in [1.54, 1.807) is 37.4 Å². The highest BCUT2D eigenvalue weighted by atomic mass is 19.2. The van der Waals surface area contributed by atoms with E-state index in [0.29, 0.717) is 36.8 Å². The second kappa shape index (κ2) is 9.17. The number of hydrogen-bond donors (Lipinski definition) is 0. The molecule has 0 spiro atoms. The van der Waals surface area contributed by atoms with Gasteiger partial charge in [-0.25, -0.2) is 18.7 Å². The number of amides is 1. The number of hydrogen-bond acceptors (Lipinski definition) is 6. The molecule has 0 radical (unpaired) electrons. The fraction of sp³-hybridized carbons (Fsp3) is 0.261. The molecule has 166 valence electrons. The first-order valence-electron chi connectivity index (χ1n) is 10.1. The standard InChI is InChI=1S/C23H22F2N4O3/c1-15-13-28(8-9-29(15)23(30)16-4-3-5-17(10-16)31-2)21-12-22(27-14-26-21)32-18-6-7-19(24)20(25)11-18/h3-7,10-12,14-15H,8-9,13H2,1-2H3. The molecule has 0 aliphatic carbocycles. The first-order valence-corrected chi connectivity index (χ1v) is 10.1. The van der Waals surface area contributed by atoms with Gasteiger partial charge in [0.1, 0.15) is 23.6 Å².